The number of ether oxygens (including phenoxy) is 1. The summed E-state index contributed by atoms with van der Waals surface area (Å²) >= 11 is 0. The molecule has 0 saturated carbocycles. The third-order valence-electron chi connectivity index (χ3n) is 3.16. The first-order chi connectivity index (χ1) is 7.12. The third kappa shape index (κ3) is 2.14. The highest BCUT2D eigenvalue weighted by Crippen LogP contribution is 2.21. The van der Waals surface area contributed by atoms with Gasteiger partial charge in [0.25, 0.3) is 0 Å². The Morgan fingerprint density at radius 3 is 3.00 bits per heavy atom. The van der Waals surface area contributed by atoms with E-state index in [1.165, 1.54) is 0 Å². The van der Waals surface area contributed by atoms with E-state index < -0.39 is 11.6 Å². The SMILES string of the molecule is NC1(C(=O)N2CCCC(O)C2)CCOC1. The molecule has 2 fully saturated rings. The molecule has 2 aliphatic heterocycles. The van der Waals surface area contributed by atoms with Crippen molar-refractivity contribution < 1.29 is 14.6 Å². The molecule has 0 aromatic heterocycles. The summed E-state index contributed by atoms with van der Waals surface area (Å²) in [5.74, 6) is -0.0706. The molecule has 0 spiro atoms. The number of rotatable bonds is 1. The van der Waals surface area contributed by atoms with Gasteiger partial charge in [0.1, 0.15) is 5.54 Å². The minimum absolute atomic E-state index is 0.0706. The van der Waals surface area contributed by atoms with E-state index in [4.69, 9.17) is 10.5 Å². The van der Waals surface area contributed by atoms with Crippen LogP contribution in [0.5, 0.6) is 0 Å². The number of carbonyl (C=O) groups is 1. The summed E-state index contributed by atoms with van der Waals surface area (Å²) in [5.41, 5.74) is 5.13. The molecular weight excluding hydrogens is 196 g/mol. The molecular formula is C10H18N2O3. The largest absolute Gasteiger partial charge is 0.391 e. The number of carbonyl (C=O) groups excluding carboxylic acids is 1. The van der Waals surface area contributed by atoms with Gasteiger partial charge in [-0.05, 0) is 19.3 Å². The second kappa shape index (κ2) is 4.08. The van der Waals surface area contributed by atoms with Crippen molar-refractivity contribution in [2.45, 2.75) is 30.9 Å². The van der Waals surface area contributed by atoms with Crippen molar-refractivity contribution >= 4 is 5.91 Å². The van der Waals surface area contributed by atoms with Gasteiger partial charge in [0, 0.05) is 19.7 Å². The minimum atomic E-state index is -0.850. The zero-order chi connectivity index (χ0) is 10.9. The van der Waals surface area contributed by atoms with Crippen LogP contribution in [0.1, 0.15) is 19.3 Å². The molecule has 15 heavy (non-hydrogen) atoms. The quantitative estimate of drug-likeness (QED) is 0.592. The van der Waals surface area contributed by atoms with Crippen molar-refractivity contribution in [3.05, 3.63) is 0 Å². The van der Waals surface area contributed by atoms with Crippen LogP contribution in [-0.2, 0) is 9.53 Å². The maximum Gasteiger partial charge on any atom is 0.245 e. The van der Waals surface area contributed by atoms with Gasteiger partial charge >= 0.3 is 0 Å². The number of aliphatic hydroxyl groups is 1. The molecule has 86 valence electrons. The van der Waals surface area contributed by atoms with Gasteiger partial charge in [-0.2, -0.15) is 0 Å². The summed E-state index contributed by atoms with van der Waals surface area (Å²) in [6, 6.07) is 0. The van der Waals surface area contributed by atoms with Crippen LogP contribution in [0.15, 0.2) is 0 Å². The minimum Gasteiger partial charge on any atom is -0.391 e. The van der Waals surface area contributed by atoms with Gasteiger partial charge in [-0.3, -0.25) is 4.79 Å². The highest BCUT2D eigenvalue weighted by atomic mass is 16.5. The fourth-order valence-corrected chi connectivity index (χ4v) is 2.20. The number of amides is 1. The number of β-amino-alcohol motifs (C(OH)–C–C–N with tert-alkyl or cyclic N) is 1. The normalized spacial score (nSPS) is 36.9. The lowest BCUT2D eigenvalue weighted by Gasteiger charge is -2.35. The molecule has 0 aliphatic carbocycles. The number of likely N-dealkylation sites (tertiary alicyclic amines) is 1. The average Bonchev–Trinajstić information content (AvgIpc) is 2.65. The molecule has 2 heterocycles. The summed E-state index contributed by atoms with van der Waals surface area (Å²) in [5, 5.41) is 9.49. The summed E-state index contributed by atoms with van der Waals surface area (Å²) in [7, 11) is 0. The molecule has 1 amide bonds. The predicted octanol–water partition coefficient (Wildman–Crippen LogP) is -0.913. The fourth-order valence-electron chi connectivity index (χ4n) is 2.20. The lowest BCUT2D eigenvalue weighted by molar-refractivity contribution is -0.140. The van der Waals surface area contributed by atoms with E-state index in [0.29, 0.717) is 32.7 Å². The number of nitrogens with zero attached hydrogens (tertiary/aromatic N) is 1. The van der Waals surface area contributed by atoms with Crippen molar-refractivity contribution in [1.29, 1.82) is 0 Å². The Kier molecular flexibility index (Phi) is 2.95. The monoisotopic (exact) mass is 214 g/mol. The van der Waals surface area contributed by atoms with Crippen molar-refractivity contribution in [3.8, 4) is 0 Å². The second-order valence-electron chi connectivity index (χ2n) is 4.51. The number of piperidine rings is 1. The lowest BCUT2D eigenvalue weighted by atomic mass is 9.96. The fraction of sp³-hybridized carbons (Fsp3) is 0.900. The van der Waals surface area contributed by atoms with Crippen LogP contribution in [0.4, 0.5) is 0 Å². The van der Waals surface area contributed by atoms with Crippen molar-refractivity contribution in [1.82, 2.24) is 4.90 Å². The maximum atomic E-state index is 12.1. The summed E-state index contributed by atoms with van der Waals surface area (Å²) < 4.78 is 5.16. The number of hydrogen-bond acceptors (Lipinski definition) is 4. The Labute approximate surface area is 89.2 Å². The average molecular weight is 214 g/mol. The van der Waals surface area contributed by atoms with Gasteiger partial charge in [0.05, 0.1) is 12.7 Å². The maximum absolute atomic E-state index is 12.1. The molecule has 3 N–H and O–H groups in total. The molecule has 0 bridgehead atoms. The number of nitrogens with two attached hydrogens (primary N) is 1. The standard InChI is InChI=1S/C10H18N2O3/c11-10(3-5-15-7-10)9(14)12-4-1-2-8(13)6-12/h8,13H,1-7,11H2. The van der Waals surface area contributed by atoms with Crippen LogP contribution >= 0.6 is 0 Å². The molecule has 0 radical (unpaired) electrons. The van der Waals surface area contributed by atoms with E-state index in [-0.39, 0.29) is 5.91 Å². The van der Waals surface area contributed by atoms with Gasteiger partial charge in [0.2, 0.25) is 5.91 Å². The van der Waals surface area contributed by atoms with Crippen molar-refractivity contribution in [2.24, 2.45) is 5.73 Å². The molecule has 2 aliphatic rings. The van der Waals surface area contributed by atoms with E-state index in [1.54, 1.807) is 4.90 Å². The second-order valence-corrected chi connectivity index (χ2v) is 4.51. The van der Waals surface area contributed by atoms with E-state index in [2.05, 4.69) is 0 Å². The van der Waals surface area contributed by atoms with E-state index >= 15 is 0 Å². The lowest BCUT2D eigenvalue weighted by Crippen LogP contribution is -2.58. The van der Waals surface area contributed by atoms with E-state index in [0.717, 1.165) is 12.8 Å². The van der Waals surface area contributed by atoms with Crippen LogP contribution in [-0.4, -0.2) is 53.9 Å². The molecule has 5 nitrogen and oxygen atoms in total. The Morgan fingerprint density at radius 2 is 2.40 bits per heavy atom. The third-order valence-corrected chi connectivity index (χ3v) is 3.16. The summed E-state index contributed by atoms with van der Waals surface area (Å²) in [6.07, 6.45) is 1.81. The first kappa shape index (κ1) is 10.9. The van der Waals surface area contributed by atoms with Crippen LogP contribution in [0.2, 0.25) is 0 Å². The summed E-state index contributed by atoms with van der Waals surface area (Å²) in [6.45, 7) is 1.98. The predicted molar refractivity (Wildman–Crippen MR) is 54.2 cm³/mol. The van der Waals surface area contributed by atoms with Gasteiger partial charge in [-0.25, -0.2) is 0 Å². The highest BCUT2D eigenvalue weighted by Gasteiger charge is 2.41. The number of aliphatic hydroxyl groups excluding tert-OH is 1. The first-order valence-electron chi connectivity index (χ1n) is 5.46. The smallest absolute Gasteiger partial charge is 0.245 e. The highest BCUT2D eigenvalue weighted by molar-refractivity contribution is 5.86. The molecule has 2 unspecified atom stereocenters. The molecule has 2 atom stereocenters. The van der Waals surface area contributed by atoms with Gasteiger partial charge < -0.3 is 20.5 Å². The molecule has 0 aromatic rings. The summed E-state index contributed by atoms with van der Waals surface area (Å²) in [4.78, 5) is 13.7. The Balaban J connectivity index is 2.00. The first-order valence-corrected chi connectivity index (χ1v) is 5.46. The van der Waals surface area contributed by atoms with Gasteiger partial charge in [-0.1, -0.05) is 0 Å². The number of hydrogen-bond donors (Lipinski definition) is 2. The topological polar surface area (TPSA) is 75.8 Å². The Morgan fingerprint density at radius 1 is 1.60 bits per heavy atom. The van der Waals surface area contributed by atoms with Crippen LogP contribution in [0.25, 0.3) is 0 Å². The van der Waals surface area contributed by atoms with Crippen LogP contribution in [0.3, 0.4) is 0 Å². The van der Waals surface area contributed by atoms with E-state index in [1.807, 2.05) is 0 Å². The molecule has 0 aromatic carbocycles. The van der Waals surface area contributed by atoms with E-state index in [9.17, 15) is 9.90 Å². The zero-order valence-corrected chi connectivity index (χ0v) is 8.82. The zero-order valence-electron chi connectivity index (χ0n) is 8.82. The Bertz CT molecular complexity index is 251. The van der Waals surface area contributed by atoms with Crippen molar-refractivity contribution in [3.63, 3.8) is 0 Å². The van der Waals surface area contributed by atoms with Crippen molar-refractivity contribution in [2.75, 3.05) is 26.3 Å². The molecule has 2 saturated heterocycles. The molecule has 2 rings (SSSR count). The molecule has 5 heteroatoms. The van der Waals surface area contributed by atoms with Crippen LogP contribution in [0, 0.1) is 0 Å². The van der Waals surface area contributed by atoms with Gasteiger partial charge in [0.15, 0.2) is 0 Å². The Hall–Kier alpha value is -0.650. The van der Waals surface area contributed by atoms with Gasteiger partial charge in [-0.15, -0.1) is 0 Å². The van der Waals surface area contributed by atoms with Crippen LogP contribution < -0.4 is 5.73 Å².